The zero-order chi connectivity index (χ0) is 23.8. The maximum absolute atomic E-state index is 5.39. The van der Waals surface area contributed by atoms with Crippen molar-refractivity contribution in [2.24, 2.45) is 5.90 Å². The van der Waals surface area contributed by atoms with Crippen LogP contribution in [0.3, 0.4) is 0 Å². The summed E-state index contributed by atoms with van der Waals surface area (Å²) in [5, 5.41) is 7.05. The zero-order valence-corrected chi connectivity index (χ0v) is 23.7. The van der Waals surface area contributed by atoms with Crippen LogP contribution in [-0.4, -0.2) is 33.1 Å². The van der Waals surface area contributed by atoms with Gasteiger partial charge in [-0.3, -0.25) is 14.9 Å². The van der Waals surface area contributed by atoms with Crippen molar-refractivity contribution in [1.29, 1.82) is 0 Å². The van der Waals surface area contributed by atoms with Crippen LogP contribution < -0.4 is 16.5 Å². The third-order valence-electron chi connectivity index (χ3n) is 4.94. The van der Waals surface area contributed by atoms with Gasteiger partial charge in [-0.05, 0) is 80.1 Å². The molecule has 2 aromatic heterocycles. The van der Waals surface area contributed by atoms with Crippen LogP contribution >= 0.6 is 24.3 Å². The van der Waals surface area contributed by atoms with E-state index in [1.54, 1.807) is 0 Å². The SMILES string of the molecule is NOOSc1ccc(NC(=S)NCCCCCN(Cc2ccccn2)Cc2ccccn2)cc1.[Re]. The first-order valence-electron chi connectivity index (χ1n) is 11.1. The zero-order valence-electron chi connectivity index (χ0n) is 19.3. The first-order valence-corrected chi connectivity index (χ1v) is 12.2. The standard InChI is InChI=1S/C24H30N6O2S2.Re/c25-31-32-34-23-12-10-20(11-13-23)29-24(33)28-16-4-1-7-17-30(18-21-8-2-5-14-26-21)19-22-9-3-6-15-27-22;/h2-3,5-6,8-15H,1,4,7,16-19,25H2,(H2,28,29,33);. The number of nitrogens with one attached hydrogen (secondary N) is 2. The summed E-state index contributed by atoms with van der Waals surface area (Å²) >= 11 is 6.43. The van der Waals surface area contributed by atoms with Gasteiger partial charge in [0.2, 0.25) is 0 Å². The van der Waals surface area contributed by atoms with Crippen molar-refractivity contribution in [3.05, 3.63) is 84.4 Å². The van der Waals surface area contributed by atoms with Crippen molar-refractivity contribution in [3.8, 4) is 0 Å². The van der Waals surface area contributed by atoms with Crippen LogP contribution in [0.2, 0.25) is 0 Å². The molecule has 0 amide bonds. The number of benzene rings is 1. The second kappa shape index (κ2) is 17.5. The van der Waals surface area contributed by atoms with Crippen LogP contribution in [-0.2, 0) is 42.8 Å². The summed E-state index contributed by atoms with van der Waals surface area (Å²) in [6, 6.07) is 19.7. The van der Waals surface area contributed by atoms with Crippen molar-refractivity contribution in [2.45, 2.75) is 37.2 Å². The molecule has 3 rings (SSSR count). The summed E-state index contributed by atoms with van der Waals surface area (Å²) in [6.45, 7) is 3.43. The first kappa shape index (κ1) is 29.3. The summed E-state index contributed by atoms with van der Waals surface area (Å²) in [5.74, 6) is 4.84. The van der Waals surface area contributed by atoms with Crippen molar-refractivity contribution in [3.63, 3.8) is 0 Å². The van der Waals surface area contributed by atoms with E-state index < -0.39 is 0 Å². The molecule has 0 aliphatic heterocycles. The Morgan fingerprint density at radius 3 is 2.14 bits per heavy atom. The van der Waals surface area contributed by atoms with Gasteiger partial charge in [-0.15, -0.1) is 9.32 Å². The Balaban J connectivity index is 0.00000432. The molecule has 1 aromatic carbocycles. The monoisotopic (exact) mass is 685 g/mol. The molecule has 3 aromatic rings. The Morgan fingerprint density at radius 1 is 0.914 bits per heavy atom. The van der Waals surface area contributed by atoms with Gasteiger partial charge in [0.15, 0.2) is 5.11 Å². The molecule has 0 bridgehead atoms. The number of anilines is 1. The van der Waals surface area contributed by atoms with Crippen molar-refractivity contribution in [2.75, 3.05) is 18.4 Å². The number of hydrogen-bond acceptors (Lipinski definition) is 8. The molecule has 0 fully saturated rings. The minimum Gasteiger partial charge on any atom is -0.362 e. The molecule has 0 unspecified atom stereocenters. The molecule has 0 saturated carbocycles. The predicted molar refractivity (Wildman–Crippen MR) is 139 cm³/mol. The van der Waals surface area contributed by atoms with E-state index in [0.29, 0.717) is 5.11 Å². The van der Waals surface area contributed by atoms with E-state index in [0.717, 1.165) is 79.5 Å². The molecule has 0 aliphatic rings. The molecule has 4 N–H and O–H groups in total. The fraction of sp³-hybridized carbons (Fsp3) is 0.292. The molecule has 11 heteroatoms. The minimum atomic E-state index is 0. The van der Waals surface area contributed by atoms with Gasteiger partial charge in [-0.2, -0.15) is 5.90 Å². The molecule has 2 heterocycles. The molecular formula is C24H30N6O2ReS2. The van der Waals surface area contributed by atoms with E-state index in [1.165, 1.54) is 0 Å². The normalized spacial score (nSPS) is 10.6. The topological polar surface area (TPSA) is 97.6 Å². The van der Waals surface area contributed by atoms with Gasteiger partial charge in [0.25, 0.3) is 0 Å². The largest absolute Gasteiger partial charge is 0.362 e. The molecule has 0 aliphatic carbocycles. The van der Waals surface area contributed by atoms with E-state index >= 15 is 0 Å². The maximum atomic E-state index is 5.39. The molecule has 8 nitrogen and oxygen atoms in total. The smallest absolute Gasteiger partial charge is 0.170 e. The van der Waals surface area contributed by atoms with Gasteiger partial charge in [-0.25, -0.2) is 0 Å². The summed E-state index contributed by atoms with van der Waals surface area (Å²) in [7, 11) is 0. The second-order valence-electron chi connectivity index (χ2n) is 7.57. The van der Waals surface area contributed by atoms with Crippen molar-refractivity contribution in [1.82, 2.24) is 20.2 Å². The summed E-state index contributed by atoms with van der Waals surface area (Å²) in [6.07, 6.45) is 6.92. The molecule has 1 radical (unpaired) electrons. The number of pyridine rings is 2. The first-order chi connectivity index (χ1) is 16.7. The number of aromatic nitrogens is 2. The Kier molecular flexibility index (Phi) is 14.6. The van der Waals surface area contributed by atoms with E-state index in [2.05, 4.69) is 47.0 Å². The average molecular weight is 685 g/mol. The third kappa shape index (κ3) is 12.0. The maximum Gasteiger partial charge on any atom is 0.170 e. The fourth-order valence-corrected chi connectivity index (χ4v) is 3.91. The van der Waals surface area contributed by atoms with Gasteiger partial charge in [0.05, 0.1) is 23.4 Å². The number of rotatable bonds is 14. The minimum absolute atomic E-state index is 0. The van der Waals surface area contributed by atoms with Gasteiger partial charge >= 0.3 is 0 Å². The Morgan fingerprint density at radius 2 is 1.57 bits per heavy atom. The Hall–Kier alpha value is -1.94. The molecule has 187 valence electrons. The van der Waals surface area contributed by atoms with Crippen LogP contribution in [0.1, 0.15) is 30.7 Å². The van der Waals surface area contributed by atoms with E-state index in [4.69, 9.17) is 18.1 Å². The molecule has 0 spiro atoms. The van der Waals surface area contributed by atoms with Gasteiger partial charge < -0.3 is 10.6 Å². The Labute approximate surface area is 230 Å². The number of nitrogens with two attached hydrogens (primary N) is 1. The predicted octanol–water partition coefficient (Wildman–Crippen LogP) is 4.46. The number of thiocarbonyl (C=S) groups is 1. The van der Waals surface area contributed by atoms with Gasteiger partial charge in [0, 0.05) is 63.0 Å². The summed E-state index contributed by atoms with van der Waals surface area (Å²) < 4.78 is 4.63. The van der Waals surface area contributed by atoms with Crippen LogP contribution in [0, 0.1) is 0 Å². The van der Waals surface area contributed by atoms with Gasteiger partial charge in [0.1, 0.15) is 0 Å². The van der Waals surface area contributed by atoms with Crippen LogP contribution in [0.5, 0.6) is 0 Å². The Bertz CT molecular complexity index is 929. The molecule has 0 saturated heterocycles. The quantitative estimate of drug-likeness (QED) is 0.0743. The molecule has 0 atom stereocenters. The second-order valence-corrected chi connectivity index (χ2v) is 8.75. The summed E-state index contributed by atoms with van der Waals surface area (Å²) in [4.78, 5) is 16.3. The summed E-state index contributed by atoms with van der Waals surface area (Å²) in [5.41, 5.74) is 3.04. The third-order valence-corrected chi connectivity index (χ3v) is 5.80. The number of nitrogens with zero attached hydrogens (tertiary/aromatic N) is 3. The van der Waals surface area contributed by atoms with Gasteiger partial charge in [-0.1, -0.05) is 18.6 Å². The number of unbranched alkanes of at least 4 members (excludes halogenated alkanes) is 2. The van der Waals surface area contributed by atoms with E-state index in [1.807, 2.05) is 60.9 Å². The van der Waals surface area contributed by atoms with E-state index in [-0.39, 0.29) is 20.4 Å². The fourth-order valence-electron chi connectivity index (χ4n) is 3.32. The van der Waals surface area contributed by atoms with Crippen LogP contribution in [0.25, 0.3) is 0 Å². The van der Waals surface area contributed by atoms with Crippen LogP contribution in [0.4, 0.5) is 5.69 Å². The molecular weight excluding hydrogens is 655 g/mol. The van der Waals surface area contributed by atoms with Crippen molar-refractivity contribution < 1.29 is 29.7 Å². The van der Waals surface area contributed by atoms with Crippen molar-refractivity contribution >= 4 is 35.1 Å². The number of hydrogen-bond donors (Lipinski definition) is 3. The molecule has 35 heavy (non-hydrogen) atoms. The van der Waals surface area contributed by atoms with Crippen LogP contribution in [0.15, 0.2) is 78.0 Å². The average Bonchev–Trinajstić information content (AvgIpc) is 2.87. The van der Waals surface area contributed by atoms with E-state index in [9.17, 15) is 0 Å².